The zero-order valence-electron chi connectivity index (χ0n) is 15.4. The van der Waals surface area contributed by atoms with Crippen LogP contribution in [0.3, 0.4) is 0 Å². The number of nitrogens with one attached hydrogen (secondary N) is 2. The minimum absolute atomic E-state index is 0.106. The summed E-state index contributed by atoms with van der Waals surface area (Å²) in [5.74, 6) is -2.26. The van der Waals surface area contributed by atoms with Crippen molar-refractivity contribution in [3.8, 4) is 0 Å². The van der Waals surface area contributed by atoms with Gasteiger partial charge < -0.3 is 10.3 Å². The van der Waals surface area contributed by atoms with Crippen LogP contribution >= 0.6 is 0 Å². The van der Waals surface area contributed by atoms with Crippen LogP contribution in [0.15, 0.2) is 76.8 Å². The maximum absolute atomic E-state index is 13.4. The topological polar surface area (TPSA) is 91.9 Å². The molecule has 0 aliphatic carbocycles. The molecule has 0 bridgehead atoms. The molecule has 2 N–H and O–H groups in total. The lowest BCUT2D eigenvalue weighted by Gasteiger charge is -2.08. The second-order valence-electron chi connectivity index (χ2n) is 6.58. The van der Waals surface area contributed by atoms with E-state index in [9.17, 15) is 22.0 Å². The fourth-order valence-electron chi connectivity index (χ4n) is 2.98. The highest BCUT2D eigenvalue weighted by atomic mass is 32.2. The maximum Gasteiger partial charge on any atom is 0.267 e. The number of amides is 1. The third kappa shape index (κ3) is 3.92. The molecule has 2 aromatic carbocycles. The van der Waals surface area contributed by atoms with Crippen LogP contribution in [-0.4, -0.2) is 24.3 Å². The quantitative estimate of drug-likeness (QED) is 0.509. The van der Waals surface area contributed by atoms with Crippen LogP contribution in [-0.2, 0) is 16.4 Å². The van der Waals surface area contributed by atoms with Crippen molar-refractivity contribution in [3.63, 3.8) is 0 Å². The van der Waals surface area contributed by atoms with Crippen molar-refractivity contribution >= 4 is 26.6 Å². The Morgan fingerprint density at radius 1 is 0.967 bits per heavy atom. The number of rotatable bonds is 5. The van der Waals surface area contributed by atoms with E-state index in [4.69, 9.17) is 0 Å². The highest BCUT2D eigenvalue weighted by molar-refractivity contribution is 7.91. The number of H-pyrrole nitrogens is 1. The molecule has 1 amide bonds. The molecule has 2 heterocycles. The highest BCUT2D eigenvalue weighted by Crippen LogP contribution is 2.23. The number of carbonyl (C=O) groups is 1. The fraction of sp³-hybridized carbons (Fsp3) is 0.0476. The second-order valence-corrected chi connectivity index (χ2v) is 8.53. The first-order valence-electron chi connectivity index (χ1n) is 8.84. The molecule has 30 heavy (non-hydrogen) atoms. The standard InChI is InChI=1S/C21H15F2N3O3S/c22-15-8-16(23)10-18(9-15)30(28,29)17-3-1-13(2-4-17)11-25-21(27)20-7-14-12-24-6-5-19(14)26-20/h1-10,12,26H,11H2,(H,25,27). The Bertz CT molecular complexity index is 1300. The Balaban J connectivity index is 1.47. The summed E-state index contributed by atoms with van der Waals surface area (Å²) in [6.07, 6.45) is 3.26. The van der Waals surface area contributed by atoms with Crippen LogP contribution in [0.5, 0.6) is 0 Å². The SMILES string of the molecule is O=C(NCc1ccc(S(=O)(=O)c2cc(F)cc(F)c2)cc1)c1cc2cnccc2[nH]1. The first-order chi connectivity index (χ1) is 14.3. The van der Waals surface area contributed by atoms with E-state index in [-0.39, 0.29) is 17.3 Å². The first-order valence-corrected chi connectivity index (χ1v) is 10.3. The van der Waals surface area contributed by atoms with E-state index in [1.54, 1.807) is 24.5 Å². The number of pyridine rings is 1. The number of sulfone groups is 1. The number of benzene rings is 2. The van der Waals surface area contributed by atoms with Crippen molar-refractivity contribution in [2.45, 2.75) is 16.3 Å². The van der Waals surface area contributed by atoms with Gasteiger partial charge in [-0.1, -0.05) is 12.1 Å². The van der Waals surface area contributed by atoms with Crippen molar-refractivity contribution in [3.05, 3.63) is 89.9 Å². The third-order valence-electron chi connectivity index (χ3n) is 4.50. The van der Waals surface area contributed by atoms with E-state index < -0.39 is 26.4 Å². The summed E-state index contributed by atoms with van der Waals surface area (Å²) in [6, 6.07) is 11.3. The van der Waals surface area contributed by atoms with E-state index >= 15 is 0 Å². The molecular weight excluding hydrogens is 412 g/mol. The van der Waals surface area contributed by atoms with Crippen molar-refractivity contribution in [1.82, 2.24) is 15.3 Å². The summed E-state index contributed by atoms with van der Waals surface area (Å²) in [7, 11) is -4.07. The number of hydrogen-bond acceptors (Lipinski definition) is 4. The molecule has 0 aliphatic heterocycles. The van der Waals surface area contributed by atoms with Gasteiger partial charge in [0, 0.05) is 35.9 Å². The molecule has 2 aromatic heterocycles. The van der Waals surface area contributed by atoms with Crippen LogP contribution in [0.25, 0.3) is 10.9 Å². The Morgan fingerprint density at radius 2 is 1.67 bits per heavy atom. The van der Waals surface area contributed by atoms with Gasteiger partial charge in [-0.15, -0.1) is 0 Å². The predicted molar refractivity (Wildman–Crippen MR) is 106 cm³/mol. The van der Waals surface area contributed by atoms with Gasteiger partial charge in [0.15, 0.2) is 0 Å². The van der Waals surface area contributed by atoms with Gasteiger partial charge in [-0.2, -0.15) is 0 Å². The van der Waals surface area contributed by atoms with Crippen LogP contribution in [0.1, 0.15) is 16.1 Å². The van der Waals surface area contributed by atoms with Gasteiger partial charge in [0.2, 0.25) is 9.84 Å². The molecule has 0 fully saturated rings. The molecule has 0 unspecified atom stereocenters. The van der Waals surface area contributed by atoms with Crippen molar-refractivity contribution in [2.75, 3.05) is 0 Å². The van der Waals surface area contributed by atoms with Gasteiger partial charge in [-0.25, -0.2) is 17.2 Å². The van der Waals surface area contributed by atoms with Crippen molar-refractivity contribution < 1.29 is 22.0 Å². The molecule has 0 radical (unpaired) electrons. The van der Waals surface area contributed by atoms with Crippen LogP contribution in [0, 0.1) is 11.6 Å². The van der Waals surface area contributed by atoms with E-state index in [0.29, 0.717) is 17.3 Å². The molecular formula is C21H15F2N3O3S. The fourth-order valence-corrected chi connectivity index (χ4v) is 4.28. The molecule has 0 aliphatic rings. The number of fused-ring (bicyclic) bond motifs is 1. The summed E-state index contributed by atoms with van der Waals surface area (Å²) in [5.41, 5.74) is 1.83. The van der Waals surface area contributed by atoms with Crippen molar-refractivity contribution in [1.29, 1.82) is 0 Å². The summed E-state index contributed by atoms with van der Waals surface area (Å²) in [5, 5.41) is 3.55. The number of halogens is 2. The molecule has 6 nitrogen and oxygen atoms in total. The number of nitrogens with zero attached hydrogens (tertiary/aromatic N) is 1. The van der Waals surface area contributed by atoms with Crippen LogP contribution in [0.2, 0.25) is 0 Å². The second kappa shape index (κ2) is 7.68. The maximum atomic E-state index is 13.4. The molecule has 0 spiro atoms. The van der Waals surface area contributed by atoms with Crippen molar-refractivity contribution in [2.24, 2.45) is 0 Å². The van der Waals surface area contributed by atoms with Gasteiger partial charge in [0.25, 0.3) is 5.91 Å². The first kappa shape index (κ1) is 19.7. The Labute approximate surface area is 170 Å². The zero-order chi connectivity index (χ0) is 21.3. The van der Waals surface area contributed by atoms with Gasteiger partial charge in [0.1, 0.15) is 17.3 Å². The van der Waals surface area contributed by atoms with Gasteiger partial charge >= 0.3 is 0 Å². The molecule has 4 aromatic rings. The average Bonchev–Trinajstić information content (AvgIpc) is 3.16. The van der Waals surface area contributed by atoms with E-state index in [2.05, 4.69) is 15.3 Å². The number of aromatic nitrogens is 2. The number of carbonyl (C=O) groups excluding carboxylic acids is 1. The van der Waals surface area contributed by atoms with Gasteiger partial charge in [-0.3, -0.25) is 9.78 Å². The lowest BCUT2D eigenvalue weighted by Crippen LogP contribution is -2.23. The molecule has 9 heteroatoms. The summed E-state index contributed by atoms with van der Waals surface area (Å²) < 4.78 is 51.9. The summed E-state index contributed by atoms with van der Waals surface area (Å²) >= 11 is 0. The Kier molecular flexibility index (Phi) is 5.04. The predicted octanol–water partition coefficient (Wildman–Crippen LogP) is 3.60. The van der Waals surface area contributed by atoms with Crippen LogP contribution in [0.4, 0.5) is 8.78 Å². The number of aromatic amines is 1. The lowest BCUT2D eigenvalue weighted by atomic mass is 10.2. The van der Waals surface area contributed by atoms with Crippen LogP contribution < -0.4 is 5.32 Å². The monoisotopic (exact) mass is 427 g/mol. The minimum Gasteiger partial charge on any atom is -0.350 e. The van der Waals surface area contributed by atoms with Gasteiger partial charge in [0.05, 0.1) is 9.79 Å². The van der Waals surface area contributed by atoms with E-state index in [0.717, 1.165) is 23.0 Å². The number of hydrogen-bond donors (Lipinski definition) is 2. The zero-order valence-corrected chi connectivity index (χ0v) is 16.2. The average molecular weight is 427 g/mol. The third-order valence-corrected chi connectivity index (χ3v) is 6.25. The lowest BCUT2D eigenvalue weighted by molar-refractivity contribution is 0.0946. The molecule has 0 atom stereocenters. The van der Waals surface area contributed by atoms with Gasteiger partial charge in [-0.05, 0) is 42.0 Å². The minimum atomic E-state index is -4.07. The highest BCUT2D eigenvalue weighted by Gasteiger charge is 2.19. The molecule has 0 saturated carbocycles. The van der Waals surface area contributed by atoms with E-state index in [1.807, 2.05) is 0 Å². The molecule has 4 rings (SSSR count). The summed E-state index contributed by atoms with van der Waals surface area (Å²) in [4.78, 5) is 18.8. The summed E-state index contributed by atoms with van der Waals surface area (Å²) in [6.45, 7) is 0.168. The van der Waals surface area contributed by atoms with E-state index in [1.165, 1.54) is 24.3 Å². The molecule has 0 saturated heterocycles. The largest absolute Gasteiger partial charge is 0.350 e. The Morgan fingerprint density at radius 3 is 2.33 bits per heavy atom. The normalized spacial score (nSPS) is 11.5. The smallest absolute Gasteiger partial charge is 0.267 e. The molecule has 152 valence electrons. The Hall–Kier alpha value is -3.59.